The number of halogens is 3. The fourth-order valence-electron chi connectivity index (χ4n) is 3.48. The van der Waals surface area contributed by atoms with E-state index in [0.717, 1.165) is 30.9 Å². The molecule has 2 atom stereocenters. The first-order valence-electron chi connectivity index (χ1n) is 9.22. The average Bonchev–Trinajstić information content (AvgIpc) is 3.57. The zero-order valence-corrected chi connectivity index (χ0v) is 16.0. The van der Waals surface area contributed by atoms with Crippen LogP contribution >= 0.6 is 11.9 Å². The molecule has 2 aliphatic heterocycles. The maximum absolute atomic E-state index is 14.7. The fourth-order valence-corrected chi connectivity index (χ4v) is 4.56. The molecule has 3 aliphatic rings. The Bertz CT molecular complexity index is 952. The van der Waals surface area contributed by atoms with Gasteiger partial charge < -0.3 is 19.5 Å². The van der Waals surface area contributed by atoms with E-state index in [0.29, 0.717) is 0 Å². The monoisotopic (exact) mass is 408 g/mol. The Labute approximate surface area is 164 Å². The number of hydrogen-bond acceptors (Lipinski definition) is 5. The van der Waals surface area contributed by atoms with E-state index in [-0.39, 0.29) is 46.4 Å². The second kappa shape index (κ2) is 6.49. The molecular weight excluding hydrogens is 389 g/mol. The third-order valence-electron chi connectivity index (χ3n) is 5.41. The van der Waals surface area contributed by atoms with Crippen LogP contribution in [0.3, 0.4) is 0 Å². The van der Waals surface area contributed by atoms with Crippen LogP contribution in [-0.4, -0.2) is 23.6 Å². The molecule has 148 valence electrons. The molecule has 2 heterocycles. The Morgan fingerprint density at radius 2 is 1.96 bits per heavy atom. The van der Waals surface area contributed by atoms with E-state index >= 15 is 0 Å². The lowest BCUT2D eigenvalue weighted by molar-refractivity contribution is 0.259. The van der Waals surface area contributed by atoms with Crippen molar-refractivity contribution in [3.05, 3.63) is 47.3 Å². The van der Waals surface area contributed by atoms with Crippen molar-refractivity contribution < 1.29 is 22.6 Å². The Kier molecular flexibility index (Phi) is 4.17. The van der Waals surface area contributed by atoms with Crippen molar-refractivity contribution in [2.24, 2.45) is 0 Å². The highest BCUT2D eigenvalue weighted by Crippen LogP contribution is 2.56. The number of anilines is 3. The lowest BCUT2D eigenvalue weighted by Crippen LogP contribution is -2.18. The average molecular weight is 408 g/mol. The fraction of sp³-hybridized carbons (Fsp3) is 0.400. The summed E-state index contributed by atoms with van der Waals surface area (Å²) in [6.07, 6.45) is 3.09. The quantitative estimate of drug-likeness (QED) is 0.522. The number of fused-ring (bicyclic) bond motifs is 2. The van der Waals surface area contributed by atoms with Crippen LogP contribution in [0.1, 0.15) is 24.8 Å². The van der Waals surface area contributed by atoms with Crippen LogP contribution in [-0.2, 0) is 4.74 Å². The number of epoxide rings is 1. The summed E-state index contributed by atoms with van der Waals surface area (Å²) in [6, 6.07) is 5.55. The second-order valence-corrected chi connectivity index (χ2v) is 8.92. The molecule has 0 aromatic heterocycles. The van der Waals surface area contributed by atoms with Gasteiger partial charge in [0.1, 0.15) is 35.7 Å². The summed E-state index contributed by atoms with van der Waals surface area (Å²) in [5.74, 6) is -2.52. The maximum atomic E-state index is 14.7. The zero-order chi connectivity index (χ0) is 19.5. The number of hydrogen-bond donors (Lipinski definition) is 2. The van der Waals surface area contributed by atoms with Gasteiger partial charge in [-0.1, -0.05) is 6.07 Å². The van der Waals surface area contributed by atoms with E-state index in [1.165, 1.54) is 24.1 Å². The van der Waals surface area contributed by atoms with Gasteiger partial charge in [-0.2, -0.15) is 0 Å². The lowest BCUT2D eigenvalue weighted by atomic mass is 10.1. The minimum Gasteiger partial charge on any atom is -0.488 e. The van der Waals surface area contributed by atoms with Crippen LogP contribution in [0.2, 0.25) is 0 Å². The summed E-state index contributed by atoms with van der Waals surface area (Å²) in [7, 11) is 0. The summed E-state index contributed by atoms with van der Waals surface area (Å²) in [5, 5.41) is 2.71. The number of benzene rings is 2. The molecule has 2 aromatic carbocycles. The van der Waals surface area contributed by atoms with Crippen molar-refractivity contribution in [3.63, 3.8) is 0 Å². The van der Waals surface area contributed by atoms with Gasteiger partial charge in [0.05, 0.1) is 11.8 Å². The highest BCUT2D eigenvalue weighted by Gasteiger charge is 2.53. The summed E-state index contributed by atoms with van der Waals surface area (Å²) >= 11 is 1.47. The van der Waals surface area contributed by atoms with Gasteiger partial charge >= 0.3 is 0 Å². The second-order valence-electron chi connectivity index (χ2n) is 7.64. The zero-order valence-electron chi connectivity index (χ0n) is 15.2. The van der Waals surface area contributed by atoms with Crippen molar-refractivity contribution in [1.82, 2.24) is 0 Å². The van der Waals surface area contributed by atoms with Crippen molar-refractivity contribution in [2.75, 3.05) is 16.6 Å². The van der Waals surface area contributed by atoms with Crippen molar-refractivity contribution in [2.45, 2.75) is 43.1 Å². The third kappa shape index (κ3) is 3.28. The van der Waals surface area contributed by atoms with Gasteiger partial charge in [-0.05, 0) is 55.8 Å². The predicted octanol–water partition coefficient (Wildman–Crippen LogP) is 5.30. The number of aryl methyl sites for hydroxylation is 1. The van der Waals surface area contributed by atoms with E-state index in [2.05, 4.69) is 10.0 Å². The summed E-state index contributed by atoms with van der Waals surface area (Å²) < 4.78 is 57.8. The molecule has 0 bridgehead atoms. The Morgan fingerprint density at radius 3 is 2.71 bits per heavy atom. The van der Waals surface area contributed by atoms with E-state index in [9.17, 15) is 13.2 Å². The minimum atomic E-state index is -1.09. The molecule has 1 saturated carbocycles. The molecular formula is C20H19F3N2O2S. The molecule has 4 nitrogen and oxygen atoms in total. The van der Waals surface area contributed by atoms with Crippen molar-refractivity contribution in [3.8, 4) is 5.75 Å². The molecule has 2 aromatic rings. The van der Waals surface area contributed by atoms with E-state index < -0.39 is 17.5 Å². The van der Waals surface area contributed by atoms with Gasteiger partial charge in [0.15, 0.2) is 11.6 Å². The van der Waals surface area contributed by atoms with Crippen LogP contribution in [0.4, 0.5) is 30.2 Å². The van der Waals surface area contributed by atoms with Crippen LogP contribution in [0.15, 0.2) is 24.3 Å². The summed E-state index contributed by atoms with van der Waals surface area (Å²) in [6.45, 7) is 2.02. The Balaban J connectivity index is 1.54. The largest absolute Gasteiger partial charge is 0.488 e. The van der Waals surface area contributed by atoms with Crippen LogP contribution < -0.4 is 14.8 Å². The van der Waals surface area contributed by atoms with Crippen molar-refractivity contribution >= 4 is 29.0 Å². The minimum absolute atomic E-state index is 0.0249. The van der Waals surface area contributed by atoms with Crippen molar-refractivity contribution in [1.29, 1.82) is 0 Å². The topological polar surface area (TPSA) is 45.8 Å². The number of rotatable bonds is 2. The molecule has 1 spiro atoms. The lowest BCUT2D eigenvalue weighted by Gasteiger charge is -2.22. The smallest absolute Gasteiger partial charge is 0.184 e. The van der Waals surface area contributed by atoms with Gasteiger partial charge in [-0.15, -0.1) is 0 Å². The molecule has 28 heavy (non-hydrogen) atoms. The van der Waals surface area contributed by atoms with Gasteiger partial charge in [0, 0.05) is 10.8 Å². The Hall–Kier alpha value is -2.06. The third-order valence-corrected chi connectivity index (χ3v) is 6.72. The SMILES string of the molecule is Cc1ccc(Nc2c(F)c(F)cc3c2NSC2(CC2)CC2OC2CO3)c(F)c1. The van der Waals surface area contributed by atoms with Gasteiger partial charge in [-0.25, -0.2) is 13.2 Å². The normalized spacial score (nSPS) is 24.4. The van der Waals surface area contributed by atoms with Crippen LogP contribution in [0, 0.1) is 24.4 Å². The van der Waals surface area contributed by atoms with Gasteiger partial charge in [0.2, 0.25) is 0 Å². The summed E-state index contributed by atoms with van der Waals surface area (Å²) in [5.41, 5.74) is 0.898. The van der Waals surface area contributed by atoms with Gasteiger partial charge in [-0.3, -0.25) is 0 Å². The molecule has 1 aliphatic carbocycles. The molecule has 2 N–H and O–H groups in total. The Morgan fingerprint density at radius 1 is 1.14 bits per heavy atom. The van der Waals surface area contributed by atoms with Gasteiger partial charge in [0.25, 0.3) is 0 Å². The first-order chi connectivity index (χ1) is 13.4. The molecule has 1 saturated heterocycles. The van der Waals surface area contributed by atoms with E-state index in [4.69, 9.17) is 9.47 Å². The van der Waals surface area contributed by atoms with E-state index in [1.54, 1.807) is 13.0 Å². The molecule has 0 amide bonds. The first kappa shape index (κ1) is 18.0. The number of ether oxygens (including phenoxy) is 2. The molecule has 0 radical (unpaired) electrons. The highest BCUT2D eigenvalue weighted by molar-refractivity contribution is 8.02. The van der Waals surface area contributed by atoms with Crippen LogP contribution in [0.25, 0.3) is 0 Å². The maximum Gasteiger partial charge on any atom is 0.184 e. The molecule has 8 heteroatoms. The first-order valence-corrected chi connectivity index (χ1v) is 10.0. The molecule has 2 unspecified atom stereocenters. The molecule has 2 fully saturated rings. The molecule has 5 rings (SSSR count). The summed E-state index contributed by atoms with van der Waals surface area (Å²) in [4.78, 5) is 0. The van der Waals surface area contributed by atoms with E-state index in [1.807, 2.05) is 0 Å². The number of nitrogens with one attached hydrogen (secondary N) is 2. The highest BCUT2D eigenvalue weighted by atomic mass is 32.2. The standard InChI is InChI=1S/C20H19F3N2O2S/c1-10-2-3-13(11(21)6-10)24-19-17(23)12(22)7-14-18(19)25-28-20(4-5-20)8-15-16(27-15)9-26-14/h2-3,6-7,15-16,24-25H,4-5,8-9H2,1H3. The predicted molar refractivity (Wildman–Crippen MR) is 103 cm³/mol. The van der Waals surface area contributed by atoms with Crippen LogP contribution in [0.5, 0.6) is 5.75 Å².